The van der Waals surface area contributed by atoms with Crippen LogP contribution in [-0.2, 0) is 0 Å². The van der Waals surface area contributed by atoms with E-state index in [2.05, 4.69) is 27.7 Å². The molecule has 0 aromatic carbocycles. The molecule has 0 bridgehead atoms. The largest absolute Gasteiger partial charge is 0.321 e. The molecule has 1 saturated carbocycles. The van der Waals surface area contributed by atoms with Gasteiger partial charge in [0.15, 0.2) is 0 Å². The fourth-order valence-electron chi connectivity index (χ4n) is 4.62. The maximum Gasteiger partial charge on any atom is 0.0898 e. The molecule has 1 saturated heterocycles. The van der Waals surface area contributed by atoms with Gasteiger partial charge in [0.1, 0.15) is 0 Å². The van der Waals surface area contributed by atoms with E-state index in [0.29, 0.717) is 5.41 Å². The molecule has 2 fully saturated rings. The van der Waals surface area contributed by atoms with Crippen LogP contribution < -0.4 is 0 Å². The molecule has 2 rings (SSSR count). The van der Waals surface area contributed by atoms with E-state index in [4.69, 9.17) is 0 Å². The van der Waals surface area contributed by atoms with Crippen molar-refractivity contribution in [3.05, 3.63) is 0 Å². The minimum absolute atomic E-state index is 0. The molecule has 0 spiro atoms. The third-order valence-electron chi connectivity index (χ3n) is 5.22. The van der Waals surface area contributed by atoms with Gasteiger partial charge < -0.3 is 4.48 Å². The number of rotatable bonds is 2. The zero-order valence-corrected chi connectivity index (χ0v) is 11.8. The van der Waals surface area contributed by atoms with Crippen LogP contribution in [0, 0.1) is 11.3 Å². The summed E-state index contributed by atoms with van der Waals surface area (Å²) < 4.78 is 1.45. The van der Waals surface area contributed by atoms with Gasteiger partial charge in [-0.2, -0.15) is 0 Å². The van der Waals surface area contributed by atoms with E-state index in [0.717, 1.165) is 12.0 Å². The lowest BCUT2D eigenvalue weighted by Crippen LogP contribution is -2.56. The van der Waals surface area contributed by atoms with Crippen molar-refractivity contribution in [2.24, 2.45) is 11.3 Å². The number of likely N-dealkylation sites (tertiary alicyclic amines) is 1. The monoisotopic (exact) mass is 240 g/mol. The SMILES string of the molecule is C.CC[N+]1(C2CC(C)CC(C)(C)C2)CCCC1. The summed E-state index contributed by atoms with van der Waals surface area (Å²) in [7, 11) is 0. The van der Waals surface area contributed by atoms with Crippen LogP contribution in [0.25, 0.3) is 0 Å². The highest BCUT2D eigenvalue weighted by atomic mass is 15.4. The van der Waals surface area contributed by atoms with Crippen LogP contribution in [0.3, 0.4) is 0 Å². The minimum Gasteiger partial charge on any atom is -0.321 e. The first-order chi connectivity index (χ1) is 7.47. The van der Waals surface area contributed by atoms with Crippen molar-refractivity contribution in [2.45, 2.75) is 73.3 Å². The Morgan fingerprint density at radius 3 is 2.18 bits per heavy atom. The predicted octanol–water partition coefficient (Wildman–Crippen LogP) is 4.47. The maximum atomic E-state index is 2.48. The normalized spacial score (nSPS) is 35.3. The van der Waals surface area contributed by atoms with Crippen LogP contribution in [0.4, 0.5) is 0 Å². The first kappa shape index (κ1) is 15.0. The van der Waals surface area contributed by atoms with Crippen molar-refractivity contribution in [1.82, 2.24) is 0 Å². The molecule has 2 atom stereocenters. The molecule has 0 radical (unpaired) electrons. The first-order valence-corrected chi connectivity index (χ1v) is 7.33. The van der Waals surface area contributed by atoms with E-state index in [1.165, 1.54) is 56.2 Å². The van der Waals surface area contributed by atoms with Crippen LogP contribution in [0.2, 0.25) is 0 Å². The van der Waals surface area contributed by atoms with Crippen molar-refractivity contribution in [1.29, 1.82) is 0 Å². The maximum absolute atomic E-state index is 2.48. The standard InChI is InChI=1S/C15H30N.CH4/c1-5-16(8-6-7-9-16)14-10-13(2)11-15(3,4)12-14;/h13-14H,5-12H2,1-4H3;1H4/q+1;. The van der Waals surface area contributed by atoms with Gasteiger partial charge in [-0.3, -0.25) is 0 Å². The Labute approximate surface area is 109 Å². The molecule has 0 aromatic heterocycles. The average molecular weight is 240 g/mol. The summed E-state index contributed by atoms with van der Waals surface area (Å²) in [5.41, 5.74) is 0.589. The van der Waals surface area contributed by atoms with Gasteiger partial charge in [-0.1, -0.05) is 28.2 Å². The summed E-state index contributed by atoms with van der Waals surface area (Å²) in [5, 5.41) is 0. The molecule has 17 heavy (non-hydrogen) atoms. The second-order valence-corrected chi connectivity index (χ2v) is 7.26. The molecular weight excluding hydrogens is 206 g/mol. The molecule has 0 amide bonds. The molecule has 2 unspecified atom stereocenters. The lowest BCUT2D eigenvalue weighted by molar-refractivity contribution is -0.941. The van der Waals surface area contributed by atoms with Crippen molar-refractivity contribution >= 4 is 0 Å². The number of nitrogens with zero attached hydrogens (tertiary/aromatic N) is 1. The van der Waals surface area contributed by atoms with Crippen LogP contribution in [-0.4, -0.2) is 30.2 Å². The summed E-state index contributed by atoms with van der Waals surface area (Å²) in [4.78, 5) is 0. The summed E-state index contributed by atoms with van der Waals surface area (Å²) >= 11 is 0. The van der Waals surface area contributed by atoms with Crippen LogP contribution >= 0.6 is 0 Å². The predicted molar refractivity (Wildman–Crippen MR) is 77.1 cm³/mol. The van der Waals surface area contributed by atoms with Gasteiger partial charge in [0.25, 0.3) is 0 Å². The van der Waals surface area contributed by atoms with E-state index in [9.17, 15) is 0 Å². The molecule has 0 aromatic rings. The van der Waals surface area contributed by atoms with Crippen molar-refractivity contribution in [3.8, 4) is 0 Å². The van der Waals surface area contributed by atoms with Gasteiger partial charge >= 0.3 is 0 Å². The molecule has 1 nitrogen and oxygen atoms in total. The highest BCUT2D eigenvalue weighted by Gasteiger charge is 2.44. The van der Waals surface area contributed by atoms with Crippen molar-refractivity contribution in [2.75, 3.05) is 19.6 Å². The third kappa shape index (κ3) is 3.05. The van der Waals surface area contributed by atoms with E-state index in [-0.39, 0.29) is 7.43 Å². The van der Waals surface area contributed by atoms with Crippen molar-refractivity contribution in [3.63, 3.8) is 0 Å². The summed E-state index contributed by atoms with van der Waals surface area (Å²) in [5.74, 6) is 0.941. The Morgan fingerprint density at radius 2 is 1.71 bits per heavy atom. The molecule has 1 heteroatoms. The smallest absolute Gasteiger partial charge is 0.0898 e. The van der Waals surface area contributed by atoms with Gasteiger partial charge in [0.2, 0.25) is 0 Å². The third-order valence-corrected chi connectivity index (χ3v) is 5.22. The van der Waals surface area contributed by atoms with Gasteiger partial charge in [-0.15, -0.1) is 0 Å². The second-order valence-electron chi connectivity index (χ2n) is 7.26. The lowest BCUT2D eigenvalue weighted by Gasteiger charge is -2.48. The Hall–Kier alpha value is -0.0400. The van der Waals surface area contributed by atoms with E-state index in [1.807, 2.05) is 0 Å². The van der Waals surface area contributed by atoms with E-state index in [1.54, 1.807) is 0 Å². The van der Waals surface area contributed by atoms with Crippen LogP contribution in [0.5, 0.6) is 0 Å². The Balaban J connectivity index is 0.00000144. The molecule has 102 valence electrons. The topological polar surface area (TPSA) is 0 Å². The summed E-state index contributed by atoms with van der Waals surface area (Å²) in [6.45, 7) is 14.1. The number of hydrogen-bond donors (Lipinski definition) is 0. The number of hydrogen-bond acceptors (Lipinski definition) is 0. The van der Waals surface area contributed by atoms with E-state index < -0.39 is 0 Å². The van der Waals surface area contributed by atoms with Gasteiger partial charge in [-0.25, -0.2) is 0 Å². The Morgan fingerprint density at radius 1 is 1.12 bits per heavy atom. The van der Waals surface area contributed by atoms with Crippen LogP contribution in [0.15, 0.2) is 0 Å². The summed E-state index contributed by atoms with van der Waals surface area (Å²) in [6.07, 6.45) is 7.33. The molecular formula is C16H34N+. The molecule has 2 aliphatic rings. The average Bonchev–Trinajstić information content (AvgIpc) is 2.63. The van der Waals surface area contributed by atoms with Gasteiger partial charge in [0.05, 0.1) is 25.7 Å². The fraction of sp³-hybridized carbons (Fsp3) is 1.00. The first-order valence-electron chi connectivity index (χ1n) is 7.33. The molecule has 1 aliphatic heterocycles. The second kappa shape index (κ2) is 5.30. The molecule has 1 heterocycles. The highest BCUT2D eigenvalue weighted by Crippen LogP contribution is 2.43. The van der Waals surface area contributed by atoms with Gasteiger partial charge in [0, 0.05) is 25.7 Å². The highest BCUT2D eigenvalue weighted by molar-refractivity contribution is 4.84. The zero-order valence-electron chi connectivity index (χ0n) is 11.8. The minimum atomic E-state index is 0. The fourth-order valence-corrected chi connectivity index (χ4v) is 4.62. The van der Waals surface area contributed by atoms with Gasteiger partial charge in [-0.05, 0) is 24.7 Å². The molecule has 0 N–H and O–H groups in total. The quantitative estimate of drug-likeness (QED) is 0.625. The Bertz CT molecular complexity index is 238. The van der Waals surface area contributed by atoms with Crippen LogP contribution in [0.1, 0.15) is 67.2 Å². The lowest BCUT2D eigenvalue weighted by atomic mass is 9.69. The molecule has 1 aliphatic carbocycles. The Kier molecular flexibility index (Phi) is 4.68. The number of quaternary nitrogens is 1. The van der Waals surface area contributed by atoms with E-state index >= 15 is 0 Å². The summed E-state index contributed by atoms with van der Waals surface area (Å²) in [6, 6.07) is 0.964. The zero-order chi connectivity index (χ0) is 11.8. The van der Waals surface area contributed by atoms with Crippen molar-refractivity contribution < 1.29 is 4.48 Å².